The summed E-state index contributed by atoms with van der Waals surface area (Å²) in [6.45, 7) is 16.0. The Morgan fingerprint density at radius 1 is 0.692 bits per heavy atom. The van der Waals surface area contributed by atoms with E-state index < -0.39 is 39.0 Å². The van der Waals surface area contributed by atoms with Crippen molar-refractivity contribution in [2.24, 2.45) is 10.9 Å². The van der Waals surface area contributed by atoms with Crippen molar-refractivity contribution in [3.05, 3.63) is 59.7 Å². The van der Waals surface area contributed by atoms with Gasteiger partial charge in [-0.15, -0.1) is 0 Å². The standard InChI is InChI=1S/C11H14N2O.C10H15.12FH.Rh.2Sb/c1-8(2)10-7-14-11(13-10)9-5-3-4-6-12-9;1-6-7(2)9(4)10(5)8(6)3;;;;;;;;;;;;;;;/h3-6,8,10H,7H2,1-2H3;1-5H3;12*1H;;;/q;;;;;;;;;;;;;;+3;2*+5/p-12/t10-;;;;;;;;;;;;;;;;/m1................/s1. The SMILES string of the molecule is CC(C)[C@H]1COC(c2ccccn2)=N1.C[C]1[C](C)[C](C)[C](C)[C]1C.[F][Sb-]([F])([F])([F])([F])[F].[F][Sb-]([F])([F])([F])([F])[F].[Rh+3]. The smallest absolute Gasteiger partial charge is 3.00 e. The molecule has 0 saturated heterocycles. The van der Waals surface area contributed by atoms with Gasteiger partial charge in [-0.05, 0) is 47.6 Å². The largest absolute Gasteiger partial charge is 3.00 e. The van der Waals surface area contributed by atoms with Crippen molar-refractivity contribution in [1.29, 1.82) is 0 Å². The molecule has 0 amide bonds. The van der Waals surface area contributed by atoms with Gasteiger partial charge in [0.15, 0.2) is 0 Å². The third kappa shape index (κ3) is 24.4. The second kappa shape index (κ2) is 12.3. The number of hydrogen-bond donors (Lipinski definition) is 0. The van der Waals surface area contributed by atoms with Gasteiger partial charge in [-0.2, -0.15) is 0 Å². The van der Waals surface area contributed by atoms with Crippen LogP contribution < -0.4 is 0 Å². The third-order valence-corrected chi connectivity index (χ3v) is 5.14. The molecule has 3 rings (SSSR count). The van der Waals surface area contributed by atoms with Gasteiger partial charge >= 0.3 is 92.2 Å². The van der Waals surface area contributed by atoms with Crippen LogP contribution in [-0.4, -0.2) is 62.5 Å². The first-order valence-corrected chi connectivity index (χ1v) is 22.2. The minimum absolute atomic E-state index is 0. The molecule has 1 saturated carbocycles. The normalized spacial score (nSPS) is 23.1. The van der Waals surface area contributed by atoms with Gasteiger partial charge in [-0.25, -0.2) is 4.99 Å². The van der Waals surface area contributed by atoms with Gasteiger partial charge in [0.05, 0.1) is 6.04 Å². The second-order valence-electron chi connectivity index (χ2n) is 8.81. The van der Waals surface area contributed by atoms with Crippen molar-refractivity contribution < 1.29 is 58.0 Å². The Balaban J connectivity index is 0. The summed E-state index contributed by atoms with van der Waals surface area (Å²) in [5.74, 6) is 8.55. The molecular weight excluding hydrogens is 871 g/mol. The molecule has 1 atom stereocenters. The Kier molecular flexibility index (Phi) is 13.0. The average Bonchev–Trinajstić information content (AvgIpc) is 3.23. The minimum atomic E-state index is -11.2. The fraction of sp³-hybridized carbons (Fsp3) is 0.476. The quantitative estimate of drug-likeness (QED) is 0.220. The molecule has 0 unspecified atom stereocenters. The number of pyridine rings is 1. The molecule has 3 nitrogen and oxygen atoms in total. The predicted octanol–water partition coefficient (Wildman–Crippen LogP) is 9.13. The Morgan fingerprint density at radius 2 is 1.03 bits per heavy atom. The maximum Gasteiger partial charge on any atom is 3.00 e. The van der Waals surface area contributed by atoms with E-state index in [0.29, 0.717) is 18.4 Å². The molecule has 5 radical (unpaired) electrons. The van der Waals surface area contributed by atoms with Crippen LogP contribution in [0.5, 0.6) is 0 Å². The molecule has 231 valence electrons. The number of rotatable bonds is 2. The number of halogens is 12. The van der Waals surface area contributed by atoms with Crippen LogP contribution in [-0.2, 0) is 24.2 Å². The fourth-order valence-electron chi connectivity index (χ4n) is 2.77. The monoisotopic (exact) mass is 898 g/mol. The van der Waals surface area contributed by atoms with Gasteiger partial charge in [0.2, 0.25) is 5.90 Å². The zero-order valence-electron chi connectivity index (χ0n) is 21.7. The van der Waals surface area contributed by atoms with E-state index in [1.54, 1.807) is 6.20 Å². The van der Waals surface area contributed by atoms with Crippen molar-refractivity contribution in [2.45, 2.75) is 54.5 Å². The predicted molar refractivity (Wildman–Crippen MR) is 125 cm³/mol. The van der Waals surface area contributed by atoms with E-state index in [0.717, 1.165) is 5.69 Å². The van der Waals surface area contributed by atoms with Crippen molar-refractivity contribution in [3.8, 4) is 0 Å². The van der Waals surface area contributed by atoms with Crippen molar-refractivity contribution in [2.75, 3.05) is 6.61 Å². The molecule has 18 heteroatoms. The summed E-state index contributed by atoms with van der Waals surface area (Å²) in [5.41, 5.74) is 0.829. The molecule has 0 bridgehead atoms. The second-order valence-corrected chi connectivity index (χ2v) is 19.8. The zero-order valence-corrected chi connectivity index (χ0v) is 28.5. The molecule has 2 aliphatic rings. The van der Waals surface area contributed by atoms with E-state index in [1.807, 2.05) is 18.2 Å². The van der Waals surface area contributed by atoms with Crippen LogP contribution in [0.3, 0.4) is 0 Å². The van der Waals surface area contributed by atoms with E-state index >= 15 is 0 Å². The third-order valence-electron chi connectivity index (χ3n) is 5.14. The fourth-order valence-corrected chi connectivity index (χ4v) is 2.77. The van der Waals surface area contributed by atoms with Gasteiger partial charge in [0, 0.05) is 6.20 Å². The topological polar surface area (TPSA) is 34.5 Å². The van der Waals surface area contributed by atoms with Crippen LogP contribution in [0.15, 0.2) is 29.4 Å². The number of aromatic nitrogens is 1. The maximum atomic E-state index is 9.93. The summed E-state index contributed by atoms with van der Waals surface area (Å²) in [5, 5.41) is 0. The van der Waals surface area contributed by atoms with E-state index in [-0.39, 0.29) is 25.5 Å². The molecule has 1 fully saturated rings. The first-order chi connectivity index (χ1) is 16.2. The molecular formula is C21H29F12N2ORhSb2+. The zero-order chi connectivity index (χ0) is 30.7. The summed E-state index contributed by atoms with van der Waals surface area (Å²) in [6.07, 6.45) is 1.75. The van der Waals surface area contributed by atoms with E-state index in [4.69, 9.17) is 4.74 Å². The summed E-state index contributed by atoms with van der Waals surface area (Å²) in [4.78, 5) is 8.69. The Hall–Kier alpha value is 0.0397. The molecule has 2 heterocycles. The molecule has 1 aromatic heterocycles. The molecule has 1 aliphatic heterocycles. The summed E-state index contributed by atoms with van der Waals surface area (Å²) < 4.78 is 125. The Morgan fingerprint density at radius 3 is 1.26 bits per heavy atom. The van der Waals surface area contributed by atoms with Crippen LogP contribution >= 0.6 is 0 Å². The van der Waals surface area contributed by atoms with Crippen molar-refractivity contribution in [3.63, 3.8) is 0 Å². The molecule has 0 spiro atoms. The van der Waals surface area contributed by atoms with Gasteiger partial charge in [-0.1, -0.05) is 54.5 Å². The number of hydrogen-bond acceptors (Lipinski definition) is 3. The average molecular weight is 900 g/mol. The van der Waals surface area contributed by atoms with Gasteiger partial charge in [0.1, 0.15) is 12.3 Å². The maximum absolute atomic E-state index is 11.2. The minimum Gasteiger partial charge on any atom is 3.00 e. The van der Waals surface area contributed by atoms with Crippen LogP contribution in [0, 0.1) is 35.5 Å². The summed E-state index contributed by atoms with van der Waals surface area (Å²) in [6, 6.07) is 6.03. The molecule has 0 aromatic carbocycles. The first-order valence-electron chi connectivity index (χ1n) is 10.7. The summed E-state index contributed by atoms with van der Waals surface area (Å²) >= 11 is -22.5. The molecule has 39 heavy (non-hydrogen) atoms. The molecule has 1 aliphatic carbocycles. The van der Waals surface area contributed by atoms with Crippen molar-refractivity contribution in [1.82, 2.24) is 4.98 Å². The van der Waals surface area contributed by atoms with E-state index in [9.17, 15) is 33.8 Å². The molecule has 1 aromatic rings. The summed E-state index contributed by atoms with van der Waals surface area (Å²) in [7, 11) is 0. The number of ether oxygens (including phenoxy) is 1. The van der Waals surface area contributed by atoms with Crippen LogP contribution in [0.4, 0.5) is 33.8 Å². The molecule has 0 N–H and O–H groups in total. The number of nitrogens with zero attached hydrogens (tertiary/aromatic N) is 2. The Bertz CT molecular complexity index is 846. The van der Waals surface area contributed by atoms with E-state index in [1.165, 1.54) is 29.6 Å². The van der Waals surface area contributed by atoms with Gasteiger partial charge < -0.3 is 4.74 Å². The van der Waals surface area contributed by atoms with Crippen molar-refractivity contribution >= 4 is 44.8 Å². The van der Waals surface area contributed by atoms with Crippen LogP contribution in [0.2, 0.25) is 0 Å². The number of aliphatic imine (C=N–C) groups is 1. The Labute approximate surface area is 238 Å². The van der Waals surface area contributed by atoms with Gasteiger partial charge in [0.25, 0.3) is 0 Å². The van der Waals surface area contributed by atoms with E-state index in [2.05, 4.69) is 58.4 Å². The first kappa shape index (κ1) is 41.2. The van der Waals surface area contributed by atoms with Crippen LogP contribution in [0.25, 0.3) is 0 Å². The van der Waals surface area contributed by atoms with Gasteiger partial charge in [-0.3, -0.25) is 4.98 Å². The van der Waals surface area contributed by atoms with Crippen LogP contribution in [0.1, 0.15) is 54.2 Å².